The first-order valence-corrected chi connectivity index (χ1v) is 7.62. The molecule has 0 saturated heterocycles. The van der Waals surface area contributed by atoms with Crippen molar-refractivity contribution in [3.63, 3.8) is 0 Å². The highest BCUT2D eigenvalue weighted by Gasteiger charge is 2.13. The van der Waals surface area contributed by atoms with Crippen molar-refractivity contribution >= 4 is 22.0 Å². The van der Waals surface area contributed by atoms with Crippen LogP contribution in [-0.2, 0) is 6.42 Å². The number of aliphatic hydroxyl groups is 1. The molecule has 4 nitrogen and oxygen atoms in total. The Morgan fingerprint density at radius 3 is 2.65 bits per heavy atom. The molecule has 112 valence electrons. The van der Waals surface area contributed by atoms with Crippen LogP contribution in [0.15, 0.2) is 28.7 Å². The molecule has 2 N–H and O–H groups in total. The number of nitrogens with one attached hydrogen (secondary N) is 1. The van der Waals surface area contributed by atoms with Crippen molar-refractivity contribution in [1.82, 2.24) is 10.2 Å². The van der Waals surface area contributed by atoms with Crippen LogP contribution < -0.4 is 5.32 Å². The maximum atomic E-state index is 12.0. The molecule has 1 aromatic carbocycles. The van der Waals surface area contributed by atoms with Crippen molar-refractivity contribution in [2.24, 2.45) is 0 Å². The van der Waals surface area contributed by atoms with Gasteiger partial charge in [-0.15, -0.1) is 0 Å². The Hall–Kier alpha value is -1.07. The number of aliphatic hydroxyl groups excluding tert-OH is 1. The van der Waals surface area contributed by atoms with Crippen LogP contribution in [0.1, 0.15) is 25.8 Å². The summed E-state index contributed by atoms with van der Waals surface area (Å²) in [5.74, 6) is 0. The van der Waals surface area contributed by atoms with Gasteiger partial charge in [-0.1, -0.05) is 34.1 Å². The fourth-order valence-corrected chi connectivity index (χ4v) is 2.29. The molecular formula is C15H23BrN2O2. The monoisotopic (exact) mass is 342 g/mol. The molecule has 1 aromatic rings. The maximum absolute atomic E-state index is 12.0. The maximum Gasteiger partial charge on any atom is 0.317 e. The third-order valence-corrected chi connectivity index (χ3v) is 3.86. The second-order valence-corrected chi connectivity index (χ2v) is 6.06. The van der Waals surface area contributed by atoms with E-state index in [0.717, 1.165) is 10.9 Å². The quantitative estimate of drug-likeness (QED) is 0.835. The van der Waals surface area contributed by atoms with Gasteiger partial charge in [0.05, 0.1) is 6.10 Å². The number of hydrogen-bond acceptors (Lipinski definition) is 2. The van der Waals surface area contributed by atoms with Gasteiger partial charge in [0.15, 0.2) is 0 Å². The summed E-state index contributed by atoms with van der Waals surface area (Å²) in [7, 11) is 1.74. The SMILES string of the molecule is CC(O)CCN(C)C(=O)NC(C)Cc1ccccc1Br. The second kappa shape index (κ2) is 8.27. The first-order valence-electron chi connectivity index (χ1n) is 6.83. The molecule has 0 bridgehead atoms. The van der Waals surface area contributed by atoms with E-state index in [4.69, 9.17) is 0 Å². The molecule has 0 spiro atoms. The lowest BCUT2D eigenvalue weighted by Crippen LogP contribution is -2.43. The van der Waals surface area contributed by atoms with Crippen molar-refractivity contribution in [3.05, 3.63) is 34.3 Å². The molecular weight excluding hydrogens is 320 g/mol. The number of hydrogen-bond donors (Lipinski definition) is 2. The molecule has 0 aromatic heterocycles. The molecule has 2 unspecified atom stereocenters. The molecule has 1 rings (SSSR count). The fraction of sp³-hybridized carbons (Fsp3) is 0.533. The molecule has 0 aliphatic rings. The molecule has 2 atom stereocenters. The van der Waals surface area contributed by atoms with E-state index >= 15 is 0 Å². The number of halogens is 1. The number of benzene rings is 1. The Balaban J connectivity index is 2.43. The van der Waals surface area contributed by atoms with Crippen molar-refractivity contribution in [2.75, 3.05) is 13.6 Å². The van der Waals surface area contributed by atoms with Gasteiger partial charge < -0.3 is 15.3 Å². The lowest BCUT2D eigenvalue weighted by Gasteiger charge is -2.22. The number of carbonyl (C=O) groups is 1. The van der Waals surface area contributed by atoms with Gasteiger partial charge >= 0.3 is 6.03 Å². The van der Waals surface area contributed by atoms with Crippen molar-refractivity contribution < 1.29 is 9.90 Å². The Morgan fingerprint density at radius 2 is 2.05 bits per heavy atom. The minimum absolute atomic E-state index is 0.0511. The number of urea groups is 1. The molecule has 2 amide bonds. The summed E-state index contributed by atoms with van der Waals surface area (Å²) in [5.41, 5.74) is 1.17. The molecule has 0 aliphatic heterocycles. The number of rotatable bonds is 6. The van der Waals surface area contributed by atoms with E-state index < -0.39 is 0 Å². The summed E-state index contributed by atoms with van der Waals surface area (Å²) < 4.78 is 1.06. The smallest absolute Gasteiger partial charge is 0.317 e. The Kier molecular flexibility index (Phi) is 7.02. The van der Waals surface area contributed by atoms with E-state index in [1.54, 1.807) is 18.9 Å². The highest BCUT2D eigenvalue weighted by Crippen LogP contribution is 2.17. The van der Waals surface area contributed by atoms with E-state index in [0.29, 0.717) is 13.0 Å². The summed E-state index contributed by atoms with van der Waals surface area (Å²) >= 11 is 3.51. The first-order chi connectivity index (χ1) is 9.40. The largest absolute Gasteiger partial charge is 0.393 e. The van der Waals surface area contributed by atoms with E-state index in [9.17, 15) is 9.90 Å². The average molecular weight is 343 g/mol. The van der Waals surface area contributed by atoms with E-state index in [1.165, 1.54) is 5.56 Å². The molecule has 0 saturated carbocycles. The van der Waals surface area contributed by atoms with Crippen molar-refractivity contribution in [1.29, 1.82) is 0 Å². The van der Waals surface area contributed by atoms with Crippen LogP contribution in [0.4, 0.5) is 4.79 Å². The lowest BCUT2D eigenvalue weighted by molar-refractivity contribution is 0.162. The second-order valence-electron chi connectivity index (χ2n) is 5.21. The average Bonchev–Trinajstić information content (AvgIpc) is 2.38. The molecule has 0 aliphatic carbocycles. The topological polar surface area (TPSA) is 52.6 Å². The van der Waals surface area contributed by atoms with Gasteiger partial charge in [-0.05, 0) is 38.3 Å². The van der Waals surface area contributed by atoms with Gasteiger partial charge in [-0.2, -0.15) is 0 Å². The van der Waals surface area contributed by atoms with Gasteiger partial charge in [0, 0.05) is 24.1 Å². The van der Waals surface area contributed by atoms with Crippen LogP contribution in [0.2, 0.25) is 0 Å². The molecule has 0 heterocycles. The third-order valence-electron chi connectivity index (χ3n) is 3.08. The third kappa shape index (κ3) is 5.92. The number of amides is 2. The van der Waals surface area contributed by atoms with E-state index in [-0.39, 0.29) is 18.2 Å². The zero-order valence-corrected chi connectivity index (χ0v) is 13.9. The Morgan fingerprint density at radius 1 is 1.40 bits per heavy atom. The van der Waals surface area contributed by atoms with Crippen LogP contribution in [0.3, 0.4) is 0 Å². The van der Waals surface area contributed by atoms with Crippen LogP contribution in [0.5, 0.6) is 0 Å². The minimum Gasteiger partial charge on any atom is -0.393 e. The molecule has 20 heavy (non-hydrogen) atoms. The Bertz CT molecular complexity index is 438. The van der Waals surface area contributed by atoms with Crippen molar-refractivity contribution in [2.45, 2.75) is 38.8 Å². The summed E-state index contributed by atoms with van der Waals surface area (Å²) in [6, 6.07) is 7.95. The zero-order valence-electron chi connectivity index (χ0n) is 12.3. The van der Waals surface area contributed by atoms with Crippen molar-refractivity contribution in [3.8, 4) is 0 Å². The van der Waals surface area contributed by atoms with Gasteiger partial charge in [0.25, 0.3) is 0 Å². The van der Waals surface area contributed by atoms with Crippen LogP contribution in [0.25, 0.3) is 0 Å². The highest BCUT2D eigenvalue weighted by molar-refractivity contribution is 9.10. The molecule has 5 heteroatoms. The highest BCUT2D eigenvalue weighted by atomic mass is 79.9. The lowest BCUT2D eigenvalue weighted by atomic mass is 10.1. The summed E-state index contributed by atoms with van der Waals surface area (Å²) in [5, 5.41) is 12.2. The standard InChI is InChI=1S/C15H23BrN2O2/c1-11(10-13-6-4-5-7-14(13)16)17-15(20)18(3)9-8-12(2)19/h4-7,11-12,19H,8-10H2,1-3H3,(H,17,20). The summed E-state index contributed by atoms with van der Waals surface area (Å²) in [6.07, 6.45) is 0.975. The number of carbonyl (C=O) groups excluding carboxylic acids is 1. The summed E-state index contributed by atoms with van der Waals surface area (Å²) in [4.78, 5) is 13.6. The predicted octanol–water partition coefficient (Wildman–Crippen LogP) is 2.79. The summed E-state index contributed by atoms with van der Waals surface area (Å²) in [6.45, 7) is 4.26. The fourth-order valence-electron chi connectivity index (χ4n) is 1.85. The molecule has 0 radical (unpaired) electrons. The van der Waals surface area contributed by atoms with E-state index in [2.05, 4.69) is 21.2 Å². The van der Waals surface area contributed by atoms with Gasteiger partial charge in [0.2, 0.25) is 0 Å². The Labute approximate surface area is 129 Å². The zero-order chi connectivity index (χ0) is 15.1. The van der Waals surface area contributed by atoms with Crippen LogP contribution >= 0.6 is 15.9 Å². The molecule has 0 fully saturated rings. The van der Waals surface area contributed by atoms with Gasteiger partial charge in [0.1, 0.15) is 0 Å². The van der Waals surface area contributed by atoms with Gasteiger partial charge in [-0.3, -0.25) is 0 Å². The predicted molar refractivity (Wildman–Crippen MR) is 84.8 cm³/mol. The minimum atomic E-state index is -0.386. The number of nitrogens with zero attached hydrogens (tertiary/aromatic N) is 1. The normalized spacial score (nSPS) is 13.7. The van der Waals surface area contributed by atoms with Crippen LogP contribution in [-0.4, -0.2) is 41.8 Å². The first kappa shape index (κ1) is 17.0. The van der Waals surface area contributed by atoms with Gasteiger partial charge in [-0.25, -0.2) is 4.79 Å². The van der Waals surface area contributed by atoms with E-state index in [1.807, 2.05) is 31.2 Å². The van der Waals surface area contributed by atoms with Crippen LogP contribution in [0, 0.1) is 0 Å².